The summed E-state index contributed by atoms with van der Waals surface area (Å²) >= 11 is 4.24. The number of rotatable bonds is 5. The molecule has 51 heavy (non-hydrogen) atoms. The van der Waals surface area contributed by atoms with Crippen LogP contribution < -0.4 is 26.5 Å². The van der Waals surface area contributed by atoms with Gasteiger partial charge in [0.15, 0.2) is 0 Å². The molecule has 9 heteroatoms. The number of allylic oxidation sites excluding steroid dienone is 1. The summed E-state index contributed by atoms with van der Waals surface area (Å²) in [6, 6.07) is 32.7. The third-order valence-electron chi connectivity index (χ3n) is 8.79. The first-order valence-corrected chi connectivity index (χ1v) is 22.6. The van der Waals surface area contributed by atoms with Gasteiger partial charge in [0.2, 0.25) is 0 Å². The number of hydrogen-bond donors (Lipinski definition) is 2. The Labute approximate surface area is 314 Å². The number of benzene rings is 3. The van der Waals surface area contributed by atoms with Crippen LogP contribution in [0.3, 0.4) is 0 Å². The van der Waals surface area contributed by atoms with Gasteiger partial charge in [0.05, 0.1) is 0 Å². The molecule has 0 radical (unpaired) electrons. The van der Waals surface area contributed by atoms with E-state index in [0.29, 0.717) is 12.8 Å². The molecule has 3 aromatic rings. The average molecular weight is 782 g/mol. The maximum absolute atomic E-state index is 11.5. The quantitative estimate of drug-likeness (QED) is 0.199. The molecular formula is C42H58BrN2O5P. The molecule has 2 saturated carbocycles. The molecule has 2 aliphatic rings. The summed E-state index contributed by atoms with van der Waals surface area (Å²) < 4.78 is 10.3. The topological polar surface area (TPSA) is 93.7 Å². The summed E-state index contributed by atoms with van der Waals surface area (Å²) in [5, 5.41) is 7.16. The molecular weight excluding hydrogens is 723 g/mol. The molecule has 2 amide bonds. The standard InChI is InChI=1S/C19H18BrP.C12H21NO2.C11H19NO3/c1-21(20,17-11-5-2-6-12-17,18-13-7-3-8-14-18)19-15-9-4-10-16-19;1-9-5-7-10(8-6-9)13-11(14)15-12(2,3)4;1-11(2,3)15-10(14)12-8-4-6-9(13)7-5-8/h2-16H,1H3;10H,1,5-8H2,2-4H3,(H,13,14);8H,4-7H2,1-3H3,(H,12,14). The van der Waals surface area contributed by atoms with Gasteiger partial charge in [0, 0.05) is 24.9 Å². The van der Waals surface area contributed by atoms with Crippen LogP contribution in [0.5, 0.6) is 0 Å². The van der Waals surface area contributed by atoms with Gasteiger partial charge in [-0.3, -0.25) is 4.79 Å². The second-order valence-electron chi connectivity index (χ2n) is 15.6. The Morgan fingerprint density at radius 2 is 0.922 bits per heavy atom. The van der Waals surface area contributed by atoms with Crippen molar-refractivity contribution in [2.24, 2.45) is 0 Å². The van der Waals surface area contributed by atoms with Crippen molar-refractivity contribution in [3.8, 4) is 0 Å². The first-order valence-electron chi connectivity index (χ1n) is 17.9. The van der Waals surface area contributed by atoms with E-state index in [2.05, 4.69) is 130 Å². The first-order chi connectivity index (χ1) is 23.9. The Kier molecular flexibility index (Phi) is 15.1. The monoisotopic (exact) mass is 780 g/mol. The molecule has 0 heterocycles. The molecule has 0 aromatic heterocycles. The Morgan fingerprint density at radius 3 is 1.22 bits per heavy atom. The summed E-state index contributed by atoms with van der Waals surface area (Å²) in [5.41, 5.74) is 0.411. The van der Waals surface area contributed by atoms with Crippen molar-refractivity contribution in [2.75, 3.05) is 6.66 Å². The van der Waals surface area contributed by atoms with Crippen LogP contribution in [0.1, 0.15) is 92.9 Å². The molecule has 0 atom stereocenters. The number of carbonyl (C=O) groups excluding carboxylic acids is 3. The van der Waals surface area contributed by atoms with Crippen molar-refractivity contribution in [3.05, 3.63) is 103 Å². The van der Waals surface area contributed by atoms with E-state index < -0.39 is 16.5 Å². The number of ketones is 1. The van der Waals surface area contributed by atoms with Crippen LogP contribution in [0.25, 0.3) is 0 Å². The van der Waals surface area contributed by atoms with Gasteiger partial charge in [-0.2, -0.15) is 0 Å². The molecule has 2 N–H and O–H groups in total. The zero-order valence-corrected chi connectivity index (χ0v) is 34.0. The summed E-state index contributed by atoms with van der Waals surface area (Å²) in [7, 11) is 0. The van der Waals surface area contributed by atoms with E-state index in [-0.39, 0.29) is 30.1 Å². The number of carbonyl (C=O) groups is 3. The van der Waals surface area contributed by atoms with Crippen LogP contribution in [-0.2, 0) is 14.3 Å². The van der Waals surface area contributed by atoms with Gasteiger partial charge in [0.25, 0.3) is 0 Å². The Hall–Kier alpha value is -3.48. The van der Waals surface area contributed by atoms with Crippen LogP contribution >= 0.6 is 20.8 Å². The van der Waals surface area contributed by atoms with Gasteiger partial charge in [-0.1, -0.05) is 12.2 Å². The van der Waals surface area contributed by atoms with E-state index in [4.69, 9.17) is 9.47 Å². The predicted molar refractivity (Wildman–Crippen MR) is 217 cm³/mol. The fourth-order valence-corrected chi connectivity index (χ4v) is 11.7. The van der Waals surface area contributed by atoms with Gasteiger partial charge in [-0.05, 0) is 80.1 Å². The third kappa shape index (κ3) is 13.5. The van der Waals surface area contributed by atoms with Gasteiger partial charge in [0.1, 0.15) is 17.0 Å². The minimum atomic E-state index is -2.56. The van der Waals surface area contributed by atoms with E-state index in [0.717, 1.165) is 38.5 Å². The van der Waals surface area contributed by atoms with E-state index in [1.54, 1.807) is 0 Å². The van der Waals surface area contributed by atoms with Crippen LogP contribution in [0, 0.1) is 0 Å². The molecule has 2 fully saturated rings. The number of hydrogen-bond acceptors (Lipinski definition) is 5. The van der Waals surface area contributed by atoms with Gasteiger partial charge in [-0.25, -0.2) is 9.59 Å². The SMILES string of the molecule is C=C1CCC(NC(=O)OC(C)(C)C)CC1.CC(C)(C)OC(=O)NC1CCC(=O)CC1.CP(Br)(c1ccccc1)(c1ccccc1)c1ccccc1. The van der Waals surface area contributed by atoms with Crippen molar-refractivity contribution < 1.29 is 23.9 Å². The fourth-order valence-electron chi connectivity index (χ4n) is 6.00. The number of Topliss-reactive ketones (excluding diaryl/α,β-unsaturated/α-hetero) is 1. The Balaban J connectivity index is 0.000000212. The van der Waals surface area contributed by atoms with E-state index in [9.17, 15) is 14.4 Å². The number of alkyl carbamates (subject to hydrolysis) is 2. The van der Waals surface area contributed by atoms with Gasteiger partial charge >= 0.3 is 147 Å². The maximum atomic E-state index is 11.5. The Bertz CT molecular complexity index is 1410. The molecule has 278 valence electrons. The Morgan fingerprint density at radius 1 is 0.627 bits per heavy atom. The number of halogens is 1. The zero-order chi connectivity index (χ0) is 37.7. The van der Waals surface area contributed by atoms with Crippen LogP contribution in [0.4, 0.5) is 9.59 Å². The molecule has 0 saturated heterocycles. The van der Waals surface area contributed by atoms with E-state index in [1.807, 2.05) is 41.5 Å². The first kappa shape index (κ1) is 41.9. The summed E-state index contributed by atoms with van der Waals surface area (Å²) in [5.74, 6) is 0.289. The second-order valence-corrected chi connectivity index (χ2v) is 25.3. The number of amides is 2. The van der Waals surface area contributed by atoms with Crippen LogP contribution in [0.2, 0.25) is 0 Å². The van der Waals surface area contributed by atoms with Crippen molar-refractivity contribution in [1.29, 1.82) is 0 Å². The molecule has 0 aliphatic heterocycles. The van der Waals surface area contributed by atoms with Crippen molar-refractivity contribution >= 4 is 54.7 Å². The van der Waals surface area contributed by atoms with Gasteiger partial charge < -0.3 is 20.1 Å². The third-order valence-corrected chi connectivity index (χ3v) is 17.1. The van der Waals surface area contributed by atoms with Crippen LogP contribution in [-0.4, -0.2) is 47.9 Å². The second kappa shape index (κ2) is 18.3. The van der Waals surface area contributed by atoms with E-state index >= 15 is 0 Å². The normalized spacial score (nSPS) is 16.5. The van der Waals surface area contributed by atoms with Crippen LogP contribution in [0.15, 0.2) is 103 Å². The molecule has 0 unspecified atom stereocenters. The predicted octanol–water partition coefficient (Wildman–Crippen LogP) is 9.49. The number of ether oxygens (including phenoxy) is 2. The molecule has 2 aliphatic carbocycles. The van der Waals surface area contributed by atoms with E-state index in [1.165, 1.54) is 21.5 Å². The summed E-state index contributed by atoms with van der Waals surface area (Å²) in [6.07, 6.45) is 5.91. The molecule has 7 nitrogen and oxygen atoms in total. The van der Waals surface area contributed by atoms with Crippen molar-refractivity contribution in [1.82, 2.24) is 10.6 Å². The number of nitrogens with one attached hydrogen (secondary N) is 2. The molecule has 5 rings (SSSR count). The van der Waals surface area contributed by atoms with Gasteiger partial charge in [-0.15, -0.1) is 0 Å². The summed E-state index contributed by atoms with van der Waals surface area (Å²) in [4.78, 5) is 33.8. The summed E-state index contributed by atoms with van der Waals surface area (Å²) in [6.45, 7) is 17.4. The average Bonchev–Trinajstić information content (AvgIpc) is 3.07. The molecule has 3 aromatic carbocycles. The minimum absolute atomic E-state index is 0.0950. The molecule has 0 bridgehead atoms. The molecule has 0 spiro atoms. The fraction of sp³-hybridized carbons (Fsp3) is 0.452. The zero-order valence-electron chi connectivity index (χ0n) is 31.5. The van der Waals surface area contributed by atoms with Crippen molar-refractivity contribution in [3.63, 3.8) is 0 Å². The van der Waals surface area contributed by atoms with Crippen molar-refractivity contribution in [2.45, 2.75) is 116 Å².